The minimum Gasteiger partial charge on any atom is -0.496 e. The molecule has 0 saturated carbocycles. The molecule has 134 valence electrons. The Kier molecular flexibility index (Phi) is 7.71. The number of hydrogen-bond donors (Lipinski definition) is 1. The van der Waals surface area contributed by atoms with Crippen LogP contribution in [0.2, 0.25) is 0 Å². The molecule has 1 aromatic rings. The minimum absolute atomic E-state index is 0.237. The molecule has 0 bridgehead atoms. The van der Waals surface area contributed by atoms with Gasteiger partial charge in [-0.15, -0.1) is 0 Å². The van der Waals surface area contributed by atoms with Crippen molar-refractivity contribution in [2.24, 2.45) is 0 Å². The first kappa shape index (κ1) is 20.0. The number of anilines is 1. The average Bonchev–Trinajstić information content (AvgIpc) is 2.59. The number of carbonyl (C=O) groups is 2. The summed E-state index contributed by atoms with van der Waals surface area (Å²) in [4.78, 5) is 24.5. The monoisotopic (exact) mass is 337 g/mol. The zero-order valence-corrected chi connectivity index (χ0v) is 15.1. The van der Waals surface area contributed by atoms with Gasteiger partial charge in [0, 0.05) is 12.3 Å². The van der Waals surface area contributed by atoms with Crippen LogP contribution >= 0.6 is 0 Å². The van der Waals surface area contributed by atoms with Gasteiger partial charge in [0.1, 0.15) is 16.9 Å². The van der Waals surface area contributed by atoms with E-state index in [1.165, 1.54) is 20.3 Å². The summed E-state index contributed by atoms with van der Waals surface area (Å²) in [5, 5.41) is 2.82. The van der Waals surface area contributed by atoms with Crippen molar-refractivity contribution in [2.45, 2.75) is 45.6 Å². The predicted octanol–water partition coefficient (Wildman–Crippen LogP) is 3.41. The number of benzene rings is 1. The van der Waals surface area contributed by atoms with E-state index >= 15 is 0 Å². The van der Waals surface area contributed by atoms with Gasteiger partial charge in [-0.1, -0.05) is 19.8 Å². The van der Waals surface area contributed by atoms with E-state index < -0.39 is 11.6 Å². The highest BCUT2D eigenvalue weighted by molar-refractivity contribution is 5.99. The summed E-state index contributed by atoms with van der Waals surface area (Å²) < 4.78 is 15.6. The Hall–Kier alpha value is -2.08. The first-order valence-corrected chi connectivity index (χ1v) is 8.13. The van der Waals surface area contributed by atoms with Crippen LogP contribution in [0.4, 0.5) is 5.69 Å². The molecule has 0 heterocycles. The second kappa shape index (κ2) is 9.27. The lowest BCUT2D eigenvalue weighted by Gasteiger charge is -2.28. The summed E-state index contributed by atoms with van der Waals surface area (Å²) in [6, 6.07) is 4.83. The summed E-state index contributed by atoms with van der Waals surface area (Å²) in [6.07, 6.45) is 2.49. The Morgan fingerprint density at radius 1 is 1.21 bits per heavy atom. The van der Waals surface area contributed by atoms with Gasteiger partial charge in [-0.3, -0.25) is 4.79 Å². The number of unbranched alkanes of at least 4 members (excludes halogenated alkanes) is 1. The second-order valence-electron chi connectivity index (χ2n) is 5.63. The van der Waals surface area contributed by atoms with Crippen LogP contribution in [0.5, 0.6) is 5.75 Å². The maximum Gasteiger partial charge on any atom is 0.341 e. The van der Waals surface area contributed by atoms with E-state index in [4.69, 9.17) is 14.2 Å². The molecular weight excluding hydrogens is 310 g/mol. The van der Waals surface area contributed by atoms with Crippen LogP contribution in [-0.4, -0.2) is 38.3 Å². The van der Waals surface area contributed by atoms with Crippen LogP contribution in [0.25, 0.3) is 0 Å². The lowest BCUT2D eigenvalue weighted by molar-refractivity contribution is -0.139. The third kappa shape index (κ3) is 4.96. The molecule has 6 heteroatoms. The number of methoxy groups -OCH3 is 2. The smallest absolute Gasteiger partial charge is 0.341 e. The summed E-state index contributed by atoms with van der Waals surface area (Å²) in [5.41, 5.74) is -0.163. The molecule has 0 aliphatic carbocycles. The Bertz CT molecular complexity index is 573. The van der Waals surface area contributed by atoms with Crippen molar-refractivity contribution in [2.75, 3.05) is 26.1 Å². The molecule has 0 aliphatic heterocycles. The Morgan fingerprint density at radius 3 is 2.46 bits per heavy atom. The summed E-state index contributed by atoms with van der Waals surface area (Å²) in [6.45, 7) is 6.16. The van der Waals surface area contributed by atoms with Gasteiger partial charge in [0.15, 0.2) is 0 Å². The quantitative estimate of drug-likeness (QED) is 0.699. The molecule has 0 aromatic heterocycles. The van der Waals surface area contributed by atoms with E-state index in [1.54, 1.807) is 19.1 Å². The molecular formula is C18H27NO5. The van der Waals surface area contributed by atoms with E-state index in [9.17, 15) is 9.59 Å². The van der Waals surface area contributed by atoms with Crippen LogP contribution in [0.1, 0.15) is 50.4 Å². The first-order chi connectivity index (χ1) is 11.4. The number of hydrogen-bond acceptors (Lipinski definition) is 5. The van der Waals surface area contributed by atoms with Crippen molar-refractivity contribution < 1.29 is 23.8 Å². The van der Waals surface area contributed by atoms with Crippen molar-refractivity contribution in [3.63, 3.8) is 0 Å². The van der Waals surface area contributed by atoms with Gasteiger partial charge in [0.05, 0.1) is 14.2 Å². The zero-order chi connectivity index (χ0) is 18.2. The highest BCUT2D eigenvalue weighted by Crippen LogP contribution is 2.26. The highest BCUT2D eigenvalue weighted by atomic mass is 16.5. The van der Waals surface area contributed by atoms with Crippen molar-refractivity contribution in [3.8, 4) is 5.75 Å². The molecule has 0 radical (unpaired) electrons. The number of esters is 1. The van der Waals surface area contributed by atoms with Gasteiger partial charge >= 0.3 is 5.97 Å². The lowest BCUT2D eigenvalue weighted by Crippen LogP contribution is -2.42. The van der Waals surface area contributed by atoms with Crippen molar-refractivity contribution in [1.29, 1.82) is 0 Å². The van der Waals surface area contributed by atoms with Gasteiger partial charge in [-0.25, -0.2) is 4.79 Å². The van der Waals surface area contributed by atoms with Gasteiger partial charge in [0.2, 0.25) is 0 Å². The Labute approximate surface area is 143 Å². The number of amides is 1. The predicted molar refractivity (Wildman–Crippen MR) is 92.5 cm³/mol. The standard InChI is InChI=1S/C18H27NO5/c1-6-8-11-18(3,24-7-2)17(21)19-13-9-10-15(22-4)14(12-13)16(20)23-5/h9-10,12H,6-8,11H2,1-5H3,(H,19,21). The molecule has 1 amide bonds. The Balaban J connectivity index is 3.01. The van der Waals surface area contributed by atoms with Gasteiger partial charge in [0.25, 0.3) is 5.91 Å². The zero-order valence-electron chi connectivity index (χ0n) is 15.1. The number of ether oxygens (including phenoxy) is 3. The molecule has 0 fully saturated rings. The van der Waals surface area contributed by atoms with Crippen molar-refractivity contribution in [3.05, 3.63) is 23.8 Å². The second-order valence-corrected chi connectivity index (χ2v) is 5.63. The van der Waals surface area contributed by atoms with E-state index in [0.717, 1.165) is 12.8 Å². The topological polar surface area (TPSA) is 73.9 Å². The normalized spacial score (nSPS) is 13.0. The lowest BCUT2D eigenvalue weighted by atomic mass is 9.97. The summed E-state index contributed by atoms with van der Waals surface area (Å²) in [5.74, 6) is -0.376. The third-order valence-corrected chi connectivity index (χ3v) is 3.81. The molecule has 1 unspecified atom stereocenters. The number of nitrogens with one attached hydrogen (secondary N) is 1. The largest absolute Gasteiger partial charge is 0.496 e. The number of rotatable bonds is 9. The Morgan fingerprint density at radius 2 is 1.92 bits per heavy atom. The maximum absolute atomic E-state index is 12.7. The summed E-state index contributed by atoms with van der Waals surface area (Å²) in [7, 11) is 2.76. The highest BCUT2D eigenvalue weighted by Gasteiger charge is 2.33. The van der Waals surface area contributed by atoms with Crippen LogP contribution in [0.15, 0.2) is 18.2 Å². The van der Waals surface area contributed by atoms with Gasteiger partial charge in [-0.2, -0.15) is 0 Å². The van der Waals surface area contributed by atoms with Crippen LogP contribution in [0.3, 0.4) is 0 Å². The number of carbonyl (C=O) groups excluding carboxylic acids is 2. The third-order valence-electron chi connectivity index (χ3n) is 3.81. The molecule has 6 nitrogen and oxygen atoms in total. The van der Waals surface area contributed by atoms with E-state index in [0.29, 0.717) is 24.5 Å². The fourth-order valence-corrected chi connectivity index (χ4v) is 2.40. The van der Waals surface area contributed by atoms with Crippen molar-refractivity contribution in [1.82, 2.24) is 0 Å². The molecule has 1 aromatic carbocycles. The van der Waals surface area contributed by atoms with Crippen LogP contribution < -0.4 is 10.1 Å². The van der Waals surface area contributed by atoms with Gasteiger partial charge < -0.3 is 19.5 Å². The molecule has 1 rings (SSSR count). The van der Waals surface area contributed by atoms with Crippen LogP contribution in [0, 0.1) is 0 Å². The fourth-order valence-electron chi connectivity index (χ4n) is 2.40. The molecule has 1 atom stereocenters. The van der Waals surface area contributed by atoms with Crippen LogP contribution in [-0.2, 0) is 14.3 Å². The van der Waals surface area contributed by atoms with Gasteiger partial charge in [-0.05, 0) is 38.5 Å². The van der Waals surface area contributed by atoms with E-state index in [1.807, 2.05) is 6.92 Å². The SMILES string of the molecule is CCCCC(C)(OCC)C(=O)Nc1ccc(OC)c(C(=O)OC)c1. The average molecular weight is 337 g/mol. The minimum atomic E-state index is -0.907. The summed E-state index contributed by atoms with van der Waals surface area (Å²) >= 11 is 0. The molecule has 1 N–H and O–H groups in total. The molecule has 0 aliphatic rings. The van der Waals surface area contributed by atoms with E-state index in [2.05, 4.69) is 12.2 Å². The molecule has 0 saturated heterocycles. The maximum atomic E-state index is 12.7. The molecule has 24 heavy (non-hydrogen) atoms. The first-order valence-electron chi connectivity index (χ1n) is 8.13. The van der Waals surface area contributed by atoms with E-state index in [-0.39, 0.29) is 11.5 Å². The molecule has 0 spiro atoms. The fraction of sp³-hybridized carbons (Fsp3) is 0.556. The van der Waals surface area contributed by atoms with Crippen molar-refractivity contribution >= 4 is 17.6 Å².